The molecule has 0 saturated carbocycles. The van der Waals surface area contributed by atoms with E-state index in [4.69, 9.17) is 5.11 Å². The largest absolute Gasteiger partial charge is 0.481 e. The van der Waals surface area contributed by atoms with Crippen molar-refractivity contribution < 1.29 is 14.7 Å². The molecule has 0 spiro atoms. The second kappa shape index (κ2) is 5.07. The smallest absolute Gasteiger partial charge is 0.307 e. The summed E-state index contributed by atoms with van der Waals surface area (Å²) >= 11 is 3.26. The Kier molecular flexibility index (Phi) is 4.03. The Morgan fingerprint density at radius 1 is 1.40 bits per heavy atom. The van der Waals surface area contributed by atoms with Crippen LogP contribution in [0, 0.1) is 0 Å². The maximum atomic E-state index is 11.6. The summed E-state index contributed by atoms with van der Waals surface area (Å²) in [6.45, 7) is 1.76. The van der Waals surface area contributed by atoms with Crippen LogP contribution in [0.4, 0.5) is 0 Å². The number of Topliss-reactive ketones (excluding diaryl/α,β-unsaturated/α-hetero) is 1. The van der Waals surface area contributed by atoms with E-state index in [0.717, 1.165) is 0 Å². The Balaban J connectivity index is 3.20. The van der Waals surface area contributed by atoms with Gasteiger partial charge in [-0.2, -0.15) is 0 Å². The van der Waals surface area contributed by atoms with Crippen LogP contribution >= 0.6 is 15.9 Å². The highest BCUT2D eigenvalue weighted by atomic mass is 79.9. The van der Waals surface area contributed by atoms with E-state index in [1.54, 1.807) is 25.1 Å². The molecule has 0 amide bonds. The summed E-state index contributed by atoms with van der Waals surface area (Å²) in [5.74, 6) is -0.975. The predicted octanol–water partition coefficient (Wildman–Crippen LogP) is 2.67. The Morgan fingerprint density at radius 3 is 2.60 bits per heavy atom. The first-order valence-corrected chi connectivity index (χ1v) is 5.38. The first kappa shape index (κ1) is 11.9. The van der Waals surface area contributed by atoms with Crippen LogP contribution in [-0.2, 0) is 11.2 Å². The van der Waals surface area contributed by atoms with Gasteiger partial charge < -0.3 is 5.11 Å². The molecule has 0 fully saturated rings. The molecule has 1 aromatic rings. The molecule has 0 aliphatic rings. The van der Waals surface area contributed by atoms with Gasteiger partial charge in [0.15, 0.2) is 5.78 Å². The van der Waals surface area contributed by atoms with Crippen molar-refractivity contribution >= 4 is 27.7 Å². The lowest BCUT2D eigenvalue weighted by Crippen LogP contribution is -2.08. The predicted molar refractivity (Wildman–Crippen MR) is 60.1 cm³/mol. The topological polar surface area (TPSA) is 54.4 Å². The molecule has 3 nitrogen and oxygen atoms in total. The summed E-state index contributed by atoms with van der Waals surface area (Å²) in [5.41, 5.74) is 1.05. The Labute approximate surface area is 96.2 Å². The Bertz CT molecular complexity index is 399. The van der Waals surface area contributed by atoms with Crippen molar-refractivity contribution in [3.8, 4) is 0 Å². The summed E-state index contributed by atoms with van der Waals surface area (Å²) < 4.78 is 0.660. The van der Waals surface area contributed by atoms with Gasteiger partial charge in [-0.05, 0) is 11.6 Å². The van der Waals surface area contributed by atoms with Crippen molar-refractivity contribution in [3.05, 3.63) is 33.8 Å². The molecule has 0 aliphatic carbocycles. The second-order valence-electron chi connectivity index (χ2n) is 3.12. The van der Waals surface area contributed by atoms with Gasteiger partial charge in [0.2, 0.25) is 0 Å². The number of aliphatic carboxylic acids is 1. The van der Waals surface area contributed by atoms with E-state index in [2.05, 4.69) is 15.9 Å². The zero-order valence-electron chi connectivity index (χ0n) is 8.29. The van der Waals surface area contributed by atoms with Gasteiger partial charge in [-0.25, -0.2) is 0 Å². The molecular formula is C11H11BrO3. The number of hydrogen-bond donors (Lipinski definition) is 1. The number of carbonyl (C=O) groups is 2. The molecule has 1 rings (SSSR count). The minimum Gasteiger partial charge on any atom is -0.481 e. The lowest BCUT2D eigenvalue weighted by molar-refractivity contribution is -0.136. The van der Waals surface area contributed by atoms with Gasteiger partial charge >= 0.3 is 5.97 Å². The van der Waals surface area contributed by atoms with Crippen molar-refractivity contribution in [2.45, 2.75) is 19.8 Å². The number of carboxylic acid groups (broad SMARTS) is 1. The van der Waals surface area contributed by atoms with Gasteiger partial charge in [0, 0.05) is 16.5 Å². The molecular weight excluding hydrogens is 260 g/mol. The first-order valence-electron chi connectivity index (χ1n) is 4.58. The van der Waals surface area contributed by atoms with Gasteiger partial charge in [-0.3, -0.25) is 9.59 Å². The Morgan fingerprint density at radius 2 is 2.07 bits per heavy atom. The highest BCUT2D eigenvalue weighted by molar-refractivity contribution is 9.10. The molecule has 1 N–H and O–H groups in total. The van der Waals surface area contributed by atoms with Crippen LogP contribution in [0.1, 0.15) is 29.3 Å². The Hall–Kier alpha value is -1.16. The van der Waals surface area contributed by atoms with E-state index in [-0.39, 0.29) is 12.2 Å². The van der Waals surface area contributed by atoms with E-state index < -0.39 is 5.97 Å². The number of rotatable bonds is 4. The third kappa shape index (κ3) is 2.89. The molecule has 0 unspecified atom stereocenters. The fourth-order valence-corrected chi connectivity index (χ4v) is 2.00. The van der Waals surface area contributed by atoms with E-state index >= 15 is 0 Å². The average molecular weight is 271 g/mol. The van der Waals surface area contributed by atoms with Gasteiger partial charge in [-0.1, -0.05) is 35.0 Å². The number of carbonyl (C=O) groups excluding carboxylic acids is 1. The third-order valence-electron chi connectivity index (χ3n) is 2.04. The molecule has 80 valence electrons. The van der Waals surface area contributed by atoms with E-state index in [9.17, 15) is 9.59 Å². The molecule has 15 heavy (non-hydrogen) atoms. The summed E-state index contributed by atoms with van der Waals surface area (Å²) in [5, 5.41) is 8.71. The van der Waals surface area contributed by atoms with Gasteiger partial charge in [0.1, 0.15) is 0 Å². The van der Waals surface area contributed by atoms with Gasteiger partial charge in [-0.15, -0.1) is 0 Å². The van der Waals surface area contributed by atoms with Crippen LogP contribution < -0.4 is 0 Å². The van der Waals surface area contributed by atoms with Crippen molar-refractivity contribution in [3.63, 3.8) is 0 Å². The van der Waals surface area contributed by atoms with Crippen LogP contribution in [0.2, 0.25) is 0 Å². The minimum absolute atomic E-state index is 0.0428. The summed E-state index contributed by atoms with van der Waals surface area (Å²) in [6, 6.07) is 5.14. The average Bonchev–Trinajstić information content (AvgIpc) is 2.16. The van der Waals surface area contributed by atoms with Crippen LogP contribution in [-0.4, -0.2) is 16.9 Å². The zero-order valence-corrected chi connectivity index (χ0v) is 9.87. The minimum atomic E-state index is -0.932. The zero-order chi connectivity index (χ0) is 11.4. The molecule has 0 saturated heterocycles. The van der Waals surface area contributed by atoms with E-state index in [1.165, 1.54) is 0 Å². The standard InChI is InChI=1S/C11H11BrO3/c1-2-9(13)11-7(6-10(14)15)4-3-5-8(11)12/h3-5H,2,6H2,1H3,(H,14,15). The molecule has 0 bridgehead atoms. The second-order valence-corrected chi connectivity index (χ2v) is 3.98. The number of halogens is 1. The fourth-order valence-electron chi connectivity index (χ4n) is 1.37. The molecule has 0 atom stereocenters. The highest BCUT2D eigenvalue weighted by Crippen LogP contribution is 2.22. The molecule has 0 aromatic heterocycles. The van der Waals surface area contributed by atoms with Crippen molar-refractivity contribution in [1.82, 2.24) is 0 Å². The van der Waals surface area contributed by atoms with Crippen molar-refractivity contribution in [2.75, 3.05) is 0 Å². The third-order valence-corrected chi connectivity index (χ3v) is 2.70. The monoisotopic (exact) mass is 270 g/mol. The molecule has 1 aromatic carbocycles. The summed E-state index contributed by atoms with van der Waals surface area (Å²) in [7, 11) is 0. The first-order chi connectivity index (χ1) is 7.06. The number of ketones is 1. The van der Waals surface area contributed by atoms with E-state index in [1.807, 2.05) is 0 Å². The van der Waals surface area contributed by atoms with Gasteiger partial charge in [0.05, 0.1) is 6.42 Å². The van der Waals surface area contributed by atoms with Crippen molar-refractivity contribution in [1.29, 1.82) is 0 Å². The lowest BCUT2D eigenvalue weighted by Gasteiger charge is -2.07. The number of hydrogen-bond acceptors (Lipinski definition) is 2. The number of benzene rings is 1. The van der Waals surface area contributed by atoms with E-state index in [0.29, 0.717) is 22.0 Å². The van der Waals surface area contributed by atoms with Crippen LogP contribution in [0.5, 0.6) is 0 Å². The summed E-state index contributed by atoms with van der Waals surface area (Å²) in [4.78, 5) is 22.2. The molecule has 0 aliphatic heterocycles. The number of carboxylic acids is 1. The fraction of sp³-hybridized carbons (Fsp3) is 0.273. The van der Waals surface area contributed by atoms with Crippen LogP contribution in [0.15, 0.2) is 22.7 Å². The quantitative estimate of drug-likeness (QED) is 0.856. The highest BCUT2D eigenvalue weighted by Gasteiger charge is 2.14. The summed E-state index contributed by atoms with van der Waals surface area (Å²) in [6.07, 6.45) is 0.246. The molecule has 0 radical (unpaired) electrons. The van der Waals surface area contributed by atoms with Crippen LogP contribution in [0.3, 0.4) is 0 Å². The maximum Gasteiger partial charge on any atom is 0.307 e. The lowest BCUT2D eigenvalue weighted by atomic mass is 10.00. The molecule has 0 heterocycles. The van der Waals surface area contributed by atoms with Crippen LogP contribution in [0.25, 0.3) is 0 Å². The maximum absolute atomic E-state index is 11.6. The normalized spacial score (nSPS) is 10.0. The van der Waals surface area contributed by atoms with Crippen molar-refractivity contribution in [2.24, 2.45) is 0 Å². The molecule has 4 heteroatoms. The SMILES string of the molecule is CCC(=O)c1c(Br)cccc1CC(=O)O. The van der Waals surface area contributed by atoms with Gasteiger partial charge in [0.25, 0.3) is 0 Å².